The van der Waals surface area contributed by atoms with Crippen LogP contribution in [0, 0.1) is 5.92 Å². The van der Waals surface area contributed by atoms with Crippen LogP contribution >= 0.6 is 0 Å². The maximum absolute atomic E-state index is 13.5. The molecule has 0 amide bonds. The molecule has 0 aromatic carbocycles. The fraction of sp³-hybridized carbons (Fsp3) is 0.588. The largest absolute Gasteiger partial charge is 0.462 e. The van der Waals surface area contributed by atoms with Crippen LogP contribution in [0.1, 0.15) is 70.8 Å². The Hall–Kier alpha value is -2.26. The van der Waals surface area contributed by atoms with Gasteiger partial charge in [-0.05, 0) is 44.6 Å². The number of alkyl halides is 5. The number of carbonyl (C=O) groups is 2. The van der Waals surface area contributed by atoms with E-state index < -0.39 is 52.6 Å². The average Bonchev–Trinajstić information content (AvgIpc) is 3.37. The molecular formula is C17H18F5NO4. The van der Waals surface area contributed by atoms with Gasteiger partial charge >= 0.3 is 18.1 Å². The molecule has 1 fully saturated rings. The van der Waals surface area contributed by atoms with Gasteiger partial charge in [0.05, 0.1) is 24.3 Å². The van der Waals surface area contributed by atoms with Gasteiger partial charge in [0.1, 0.15) is 5.69 Å². The maximum Gasteiger partial charge on any atom is 0.434 e. The van der Waals surface area contributed by atoms with Gasteiger partial charge in [0.15, 0.2) is 5.69 Å². The molecule has 150 valence electrons. The Morgan fingerprint density at radius 2 is 1.59 bits per heavy atom. The van der Waals surface area contributed by atoms with Crippen molar-refractivity contribution in [1.29, 1.82) is 0 Å². The van der Waals surface area contributed by atoms with E-state index in [0.29, 0.717) is 12.8 Å². The molecule has 27 heavy (non-hydrogen) atoms. The quantitative estimate of drug-likeness (QED) is 0.508. The van der Waals surface area contributed by atoms with Gasteiger partial charge in [-0.1, -0.05) is 0 Å². The normalized spacial score (nSPS) is 14.4. The zero-order valence-electron chi connectivity index (χ0n) is 14.7. The van der Waals surface area contributed by atoms with Crippen molar-refractivity contribution in [2.24, 2.45) is 5.92 Å². The molecule has 0 spiro atoms. The Labute approximate surface area is 151 Å². The summed E-state index contributed by atoms with van der Waals surface area (Å²) in [5.41, 5.74) is -5.34. The summed E-state index contributed by atoms with van der Waals surface area (Å²) >= 11 is 0. The molecule has 1 aromatic heterocycles. The summed E-state index contributed by atoms with van der Waals surface area (Å²) in [4.78, 5) is 27.5. The summed E-state index contributed by atoms with van der Waals surface area (Å²) in [6, 6.07) is 0. The minimum atomic E-state index is -5.18. The number of nitrogens with zero attached hydrogens (tertiary/aromatic N) is 1. The molecule has 1 saturated carbocycles. The smallest absolute Gasteiger partial charge is 0.434 e. The highest BCUT2D eigenvalue weighted by molar-refractivity contribution is 5.99. The maximum atomic E-state index is 13.5. The molecule has 0 N–H and O–H groups in total. The lowest BCUT2D eigenvalue weighted by Crippen LogP contribution is -2.25. The van der Waals surface area contributed by atoms with Crippen LogP contribution in [-0.2, 0) is 22.1 Å². The number of pyridine rings is 1. The fourth-order valence-electron chi connectivity index (χ4n) is 2.69. The van der Waals surface area contributed by atoms with Crippen LogP contribution < -0.4 is 0 Å². The summed E-state index contributed by atoms with van der Waals surface area (Å²) in [5.74, 6) is -2.71. The highest BCUT2D eigenvalue weighted by atomic mass is 19.4. The Balaban J connectivity index is 2.85. The number of rotatable bonds is 7. The van der Waals surface area contributed by atoms with Crippen molar-refractivity contribution in [1.82, 2.24) is 4.98 Å². The van der Waals surface area contributed by atoms with Gasteiger partial charge in [-0.2, -0.15) is 13.2 Å². The van der Waals surface area contributed by atoms with E-state index in [-0.39, 0.29) is 25.6 Å². The number of hydrogen-bond donors (Lipinski definition) is 0. The highest BCUT2D eigenvalue weighted by Crippen LogP contribution is 2.41. The van der Waals surface area contributed by atoms with E-state index in [9.17, 15) is 31.5 Å². The van der Waals surface area contributed by atoms with E-state index >= 15 is 0 Å². The van der Waals surface area contributed by atoms with Crippen LogP contribution in [-0.4, -0.2) is 30.1 Å². The summed E-state index contributed by atoms with van der Waals surface area (Å²) in [5, 5.41) is 0. The molecule has 0 unspecified atom stereocenters. The molecule has 0 bridgehead atoms. The summed E-state index contributed by atoms with van der Waals surface area (Å²) in [6.45, 7) is 2.40. The molecule has 0 saturated heterocycles. The van der Waals surface area contributed by atoms with Crippen LogP contribution in [0.2, 0.25) is 0 Å². The summed E-state index contributed by atoms with van der Waals surface area (Å²) < 4.78 is 76.8. The first kappa shape index (κ1) is 21.0. The van der Waals surface area contributed by atoms with Gasteiger partial charge < -0.3 is 9.47 Å². The Bertz CT molecular complexity index is 729. The number of hydrogen-bond acceptors (Lipinski definition) is 5. The molecule has 1 aliphatic carbocycles. The third-order valence-corrected chi connectivity index (χ3v) is 3.95. The van der Waals surface area contributed by atoms with Crippen molar-refractivity contribution >= 4 is 11.9 Å². The lowest BCUT2D eigenvalue weighted by atomic mass is 9.93. The van der Waals surface area contributed by atoms with Gasteiger partial charge in [0, 0.05) is 0 Å². The van der Waals surface area contributed by atoms with E-state index in [1.54, 1.807) is 0 Å². The van der Waals surface area contributed by atoms with Crippen LogP contribution in [0.15, 0.2) is 0 Å². The number of ether oxygens (including phenoxy) is 2. The summed E-state index contributed by atoms with van der Waals surface area (Å²) in [7, 11) is 0. The monoisotopic (exact) mass is 395 g/mol. The second kappa shape index (κ2) is 8.18. The van der Waals surface area contributed by atoms with Gasteiger partial charge in [0.25, 0.3) is 6.43 Å². The number of halogens is 5. The average molecular weight is 395 g/mol. The molecule has 1 aliphatic rings. The minimum Gasteiger partial charge on any atom is -0.462 e. The topological polar surface area (TPSA) is 65.5 Å². The molecule has 0 atom stereocenters. The molecule has 2 rings (SSSR count). The first-order chi connectivity index (χ1) is 12.6. The third-order valence-electron chi connectivity index (χ3n) is 3.95. The van der Waals surface area contributed by atoms with E-state index in [2.05, 4.69) is 9.72 Å². The highest BCUT2D eigenvalue weighted by Gasteiger charge is 2.44. The van der Waals surface area contributed by atoms with Gasteiger partial charge in [-0.15, -0.1) is 0 Å². The lowest BCUT2D eigenvalue weighted by Gasteiger charge is -2.20. The second-order valence-corrected chi connectivity index (χ2v) is 5.96. The molecule has 10 heteroatoms. The van der Waals surface area contributed by atoms with Crippen LogP contribution in [0.5, 0.6) is 0 Å². The van der Waals surface area contributed by atoms with Crippen molar-refractivity contribution in [3.05, 3.63) is 28.1 Å². The molecule has 0 aliphatic heterocycles. The number of esters is 2. The predicted octanol–water partition coefficient (Wildman–Crippen LogP) is 4.34. The van der Waals surface area contributed by atoms with Crippen molar-refractivity contribution in [3.8, 4) is 0 Å². The number of aromatic nitrogens is 1. The van der Waals surface area contributed by atoms with E-state index in [1.165, 1.54) is 13.8 Å². The molecular weight excluding hydrogens is 377 g/mol. The van der Waals surface area contributed by atoms with Crippen molar-refractivity contribution in [3.63, 3.8) is 0 Å². The standard InChI is InChI=1S/C17H18F5NO4/c1-3-26-15(24)10-9(7-8-5-6-8)11(16(25)27-4-2)13(17(20,21)22)23-12(10)14(18)19/h8,14H,3-7H2,1-2H3. The second-order valence-electron chi connectivity index (χ2n) is 5.96. The molecule has 0 radical (unpaired) electrons. The third kappa shape index (κ3) is 4.72. The molecule has 1 heterocycles. The summed E-state index contributed by atoms with van der Waals surface area (Å²) in [6.07, 6.45) is -7.49. The van der Waals surface area contributed by atoms with Gasteiger partial charge in [-0.3, -0.25) is 0 Å². The fourth-order valence-corrected chi connectivity index (χ4v) is 2.69. The van der Waals surface area contributed by atoms with Crippen LogP contribution in [0.4, 0.5) is 22.0 Å². The van der Waals surface area contributed by atoms with E-state index in [0.717, 1.165) is 0 Å². The predicted molar refractivity (Wildman–Crippen MR) is 82.5 cm³/mol. The van der Waals surface area contributed by atoms with Crippen molar-refractivity contribution in [2.45, 2.75) is 45.7 Å². The molecule has 5 nitrogen and oxygen atoms in total. The van der Waals surface area contributed by atoms with Crippen molar-refractivity contribution in [2.75, 3.05) is 13.2 Å². The van der Waals surface area contributed by atoms with Crippen LogP contribution in [0.3, 0.4) is 0 Å². The molecule has 1 aromatic rings. The Kier molecular flexibility index (Phi) is 6.38. The lowest BCUT2D eigenvalue weighted by molar-refractivity contribution is -0.142. The van der Waals surface area contributed by atoms with Crippen LogP contribution in [0.25, 0.3) is 0 Å². The van der Waals surface area contributed by atoms with Gasteiger partial charge in [-0.25, -0.2) is 23.4 Å². The SMILES string of the molecule is CCOC(=O)c1c(C(F)F)nc(C(F)(F)F)c(C(=O)OCC)c1CC1CC1. The van der Waals surface area contributed by atoms with E-state index in [4.69, 9.17) is 4.74 Å². The zero-order valence-corrected chi connectivity index (χ0v) is 14.7. The Morgan fingerprint density at radius 1 is 1.07 bits per heavy atom. The first-order valence-electron chi connectivity index (χ1n) is 8.38. The Morgan fingerprint density at radius 3 is 2.00 bits per heavy atom. The van der Waals surface area contributed by atoms with Gasteiger partial charge in [0.2, 0.25) is 0 Å². The van der Waals surface area contributed by atoms with Crippen molar-refractivity contribution < 1.29 is 41.0 Å². The van der Waals surface area contributed by atoms with E-state index in [1.807, 2.05) is 0 Å². The number of carbonyl (C=O) groups excluding carboxylic acids is 2. The minimum absolute atomic E-state index is 0.111. The zero-order chi connectivity index (χ0) is 20.4. The first-order valence-corrected chi connectivity index (χ1v) is 8.38.